The summed E-state index contributed by atoms with van der Waals surface area (Å²) in [5.74, 6) is -0.953. The van der Waals surface area contributed by atoms with E-state index in [0.29, 0.717) is 19.0 Å². The number of sulfonamides is 1. The molecule has 2 rings (SSSR count). The summed E-state index contributed by atoms with van der Waals surface area (Å²) in [4.78, 5) is 11.2. The fourth-order valence-electron chi connectivity index (χ4n) is 2.55. The first-order valence-electron chi connectivity index (χ1n) is 6.66. The van der Waals surface area contributed by atoms with Crippen LogP contribution in [0.1, 0.15) is 42.2 Å². The van der Waals surface area contributed by atoms with Crippen molar-refractivity contribution in [3.63, 3.8) is 0 Å². The van der Waals surface area contributed by atoms with Crippen molar-refractivity contribution in [2.75, 3.05) is 13.1 Å². The minimum atomic E-state index is -3.85. The quantitative estimate of drug-likeness (QED) is 0.870. The van der Waals surface area contributed by atoms with Crippen LogP contribution in [0.15, 0.2) is 5.03 Å². The molecule has 1 unspecified atom stereocenters. The van der Waals surface area contributed by atoms with Crippen molar-refractivity contribution < 1.29 is 18.3 Å². The van der Waals surface area contributed by atoms with Crippen molar-refractivity contribution >= 4 is 16.0 Å². The number of nitrogens with one attached hydrogen (secondary N) is 1. The highest BCUT2D eigenvalue weighted by molar-refractivity contribution is 7.89. The summed E-state index contributed by atoms with van der Waals surface area (Å²) in [6.07, 6.45) is 2.72. The molecule has 0 saturated carbocycles. The first-order chi connectivity index (χ1) is 9.37. The van der Waals surface area contributed by atoms with Gasteiger partial charge in [-0.15, -0.1) is 0 Å². The molecule has 2 N–H and O–H groups in total. The lowest BCUT2D eigenvalue weighted by Crippen LogP contribution is -2.40. The van der Waals surface area contributed by atoms with Crippen LogP contribution in [0.3, 0.4) is 0 Å². The van der Waals surface area contributed by atoms with E-state index in [9.17, 15) is 13.2 Å². The molecule has 2 heterocycles. The third-order valence-electron chi connectivity index (χ3n) is 3.77. The van der Waals surface area contributed by atoms with Crippen LogP contribution in [-0.2, 0) is 10.0 Å². The van der Waals surface area contributed by atoms with E-state index in [1.807, 2.05) is 6.92 Å². The SMILES string of the molecule is CCC1CCCN(S(=O)(=O)c2n[nH]c(C)c2C(=O)O)C1. The van der Waals surface area contributed by atoms with Crippen molar-refractivity contribution in [2.24, 2.45) is 5.92 Å². The van der Waals surface area contributed by atoms with Crippen LogP contribution in [0.2, 0.25) is 0 Å². The fraction of sp³-hybridized carbons (Fsp3) is 0.667. The third kappa shape index (κ3) is 2.57. The zero-order valence-electron chi connectivity index (χ0n) is 11.6. The maximum atomic E-state index is 12.6. The Bertz CT molecular complexity index is 608. The third-order valence-corrected chi connectivity index (χ3v) is 5.57. The smallest absolute Gasteiger partial charge is 0.340 e. The highest BCUT2D eigenvalue weighted by Gasteiger charge is 2.35. The van der Waals surface area contributed by atoms with Gasteiger partial charge in [0.25, 0.3) is 10.0 Å². The number of carboxylic acid groups (broad SMARTS) is 1. The van der Waals surface area contributed by atoms with Gasteiger partial charge in [-0.1, -0.05) is 13.3 Å². The van der Waals surface area contributed by atoms with Crippen molar-refractivity contribution in [2.45, 2.75) is 38.1 Å². The van der Waals surface area contributed by atoms with Crippen LogP contribution in [-0.4, -0.2) is 47.1 Å². The second-order valence-corrected chi connectivity index (χ2v) is 6.97. The van der Waals surface area contributed by atoms with Crippen LogP contribution in [0.5, 0.6) is 0 Å². The number of aromatic nitrogens is 2. The number of nitrogens with zero attached hydrogens (tertiary/aromatic N) is 2. The Kier molecular flexibility index (Phi) is 4.14. The molecule has 0 radical (unpaired) electrons. The summed E-state index contributed by atoms with van der Waals surface area (Å²) in [6, 6.07) is 0. The van der Waals surface area contributed by atoms with Crippen molar-refractivity contribution in [3.05, 3.63) is 11.3 Å². The lowest BCUT2D eigenvalue weighted by atomic mass is 9.97. The number of carboxylic acids is 1. The summed E-state index contributed by atoms with van der Waals surface area (Å²) in [5, 5.41) is 14.9. The van der Waals surface area contributed by atoms with Crippen LogP contribution in [0, 0.1) is 12.8 Å². The van der Waals surface area contributed by atoms with Gasteiger partial charge in [-0.2, -0.15) is 9.40 Å². The summed E-state index contributed by atoms with van der Waals surface area (Å²) >= 11 is 0. The molecular formula is C12H19N3O4S. The molecule has 0 aliphatic carbocycles. The Morgan fingerprint density at radius 2 is 2.25 bits per heavy atom. The molecule has 1 aliphatic heterocycles. The average Bonchev–Trinajstić information content (AvgIpc) is 2.81. The molecule has 1 aromatic rings. The molecule has 8 heteroatoms. The predicted octanol–water partition coefficient (Wildman–Crippen LogP) is 1.23. The second-order valence-electron chi connectivity index (χ2n) is 5.11. The van der Waals surface area contributed by atoms with Crippen LogP contribution in [0.4, 0.5) is 0 Å². The Labute approximate surface area is 118 Å². The van der Waals surface area contributed by atoms with Crippen LogP contribution in [0.25, 0.3) is 0 Å². The molecule has 7 nitrogen and oxygen atoms in total. The molecule has 112 valence electrons. The maximum absolute atomic E-state index is 12.6. The van der Waals surface area contributed by atoms with E-state index in [4.69, 9.17) is 5.11 Å². The van der Waals surface area contributed by atoms with Gasteiger partial charge in [0.2, 0.25) is 5.03 Å². The lowest BCUT2D eigenvalue weighted by molar-refractivity contribution is 0.0691. The lowest BCUT2D eigenvalue weighted by Gasteiger charge is -2.30. The number of hydrogen-bond acceptors (Lipinski definition) is 4. The molecule has 0 spiro atoms. The van der Waals surface area contributed by atoms with Crippen LogP contribution < -0.4 is 0 Å². The van der Waals surface area contributed by atoms with E-state index < -0.39 is 16.0 Å². The molecule has 0 aromatic carbocycles. The van der Waals surface area contributed by atoms with Gasteiger partial charge in [-0.05, 0) is 25.7 Å². The van der Waals surface area contributed by atoms with E-state index in [1.165, 1.54) is 11.2 Å². The largest absolute Gasteiger partial charge is 0.478 e. The van der Waals surface area contributed by atoms with Crippen molar-refractivity contribution in [3.8, 4) is 0 Å². The van der Waals surface area contributed by atoms with Crippen molar-refractivity contribution in [1.29, 1.82) is 0 Å². The molecule has 20 heavy (non-hydrogen) atoms. The van der Waals surface area contributed by atoms with E-state index >= 15 is 0 Å². The second kappa shape index (κ2) is 5.53. The number of piperidine rings is 1. The Hall–Kier alpha value is -1.41. The minimum absolute atomic E-state index is 0.250. The van der Waals surface area contributed by atoms with Gasteiger partial charge in [0.05, 0.1) is 0 Å². The Morgan fingerprint density at radius 3 is 2.85 bits per heavy atom. The van der Waals surface area contributed by atoms with E-state index in [0.717, 1.165) is 19.3 Å². The normalized spacial score (nSPS) is 21.0. The molecule has 0 amide bonds. The van der Waals surface area contributed by atoms with Gasteiger partial charge in [-0.25, -0.2) is 13.2 Å². The average molecular weight is 301 g/mol. The molecule has 1 aliphatic rings. The summed E-state index contributed by atoms with van der Waals surface area (Å²) in [5.41, 5.74) is -0.0104. The van der Waals surface area contributed by atoms with Gasteiger partial charge in [0, 0.05) is 18.8 Å². The predicted molar refractivity (Wildman–Crippen MR) is 72.1 cm³/mol. The topological polar surface area (TPSA) is 103 Å². The summed E-state index contributed by atoms with van der Waals surface area (Å²) < 4.78 is 26.5. The maximum Gasteiger partial charge on any atom is 0.340 e. The van der Waals surface area contributed by atoms with E-state index in [2.05, 4.69) is 10.2 Å². The van der Waals surface area contributed by atoms with Gasteiger partial charge in [-0.3, -0.25) is 5.10 Å². The molecule has 1 atom stereocenters. The summed E-state index contributed by atoms with van der Waals surface area (Å²) in [6.45, 7) is 4.39. The summed E-state index contributed by atoms with van der Waals surface area (Å²) in [7, 11) is -3.85. The first kappa shape index (κ1) is 15.0. The number of aryl methyl sites for hydroxylation is 1. The van der Waals surface area contributed by atoms with Gasteiger partial charge < -0.3 is 5.11 Å². The zero-order valence-corrected chi connectivity index (χ0v) is 12.4. The zero-order chi connectivity index (χ0) is 14.9. The Balaban J connectivity index is 2.38. The highest BCUT2D eigenvalue weighted by Crippen LogP contribution is 2.26. The van der Waals surface area contributed by atoms with Gasteiger partial charge in [0.1, 0.15) is 5.56 Å². The molecule has 1 fully saturated rings. The Morgan fingerprint density at radius 1 is 1.55 bits per heavy atom. The number of hydrogen-bond donors (Lipinski definition) is 2. The van der Waals surface area contributed by atoms with Gasteiger partial charge >= 0.3 is 5.97 Å². The molecular weight excluding hydrogens is 282 g/mol. The van der Waals surface area contributed by atoms with Crippen LogP contribution >= 0.6 is 0 Å². The highest BCUT2D eigenvalue weighted by atomic mass is 32.2. The first-order valence-corrected chi connectivity index (χ1v) is 8.10. The van der Waals surface area contributed by atoms with Gasteiger partial charge in [0.15, 0.2) is 0 Å². The molecule has 1 saturated heterocycles. The van der Waals surface area contributed by atoms with Crippen molar-refractivity contribution in [1.82, 2.24) is 14.5 Å². The number of rotatable bonds is 4. The number of aromatic amines is 1. The number of carbonyl (C=O) groups is 1. The fourth-order valence-corrected chi connectivity index (χ4v) is 4.23. The molecule has 0 bridgehead atoms. The number of H-pyrrole nitrogens is 1. The monoisotopic (exact) mass is 301 g/mol. The minimum Gasteiger partial charge on any atom is -0.478 e. The standard InChI is InChI=1S/C12H19N3O4S/c1-3-9-5-4-6-15(7-9)20(18,19)11-10(12(16)17)8(2)13-14-11/h9H,3-7H2,1-2H3,(H,13,14)(H,16,17). The molecule has 1 aromatic heterocycles. The number of aromatic carboxylic acids is 1. The van der Waals surface area contributed by atoms with E-state index in [1.54, 1.807) is 0 Å². The van der Waals surface area contributed by atoms with E-state index in [-0.39, 0.29) is 16.3 Å².